The number of nitrogens with one attached hydrogen (secondary N) is 2. The van der Waals surface area contributed by atoms with E-state index in [1.807, 2.05) is 6.92 Å². The van der Waals surface area contributed by atoms with Crippen LogP contribution in [0.15, 0.2) is 6.33 Å². The van der Waals surface area contributed by atoms with Gasteiger partial charge in [0, 0.05) is 25.0 Å². The Morgan fingerprint density at radius 2 is 2.22 bits per heavy atom. The lowest BCUT2D eigenvalue weighted by molar-refractivity contribution is 0.0904. The quantitative estimate of drug-likeness (QED) is 0.701. The molecule has 18 heavy (non-hydrogen) atoms. The minimum Gasteiger partial charge on any atom is -0.383 e. The number of anilines is 2. The number of nitrogens with two attached hydrogens (primary N) is 1. The van der Waals surface area contributed by atoms with Crippen LogP contribution in [0.3, 0.4) is 0 Å². The zero-order valence-electron chi connectivity index (χ0n) is 10.6. The summed E-state index contributed by atoms with van der Waals surface area (Å²) in [7, 11) is 0. The standard InChI is InChI=1S/C12H19N5O/c1-2-9(13)10-11(14)15-7-16-12(10)17-8-3-5-18-6-4-8/h7-8,13H,2-6H2,1H3,(H3,14,15,16,17). The van der Waals surface area contributed by atoms with Crippen LogP contribution in [0.1, 0.15) is 31.7 Å². The van der Waals surface area contributed by atoms with Crippen LogP contribution in [0.25, 0.3) is 0 Å². The molecule has 1 aliphatic rings. The van der Waals surface area contributed by atoms with Crippen LogP contribution in [0.2, 0.25) is 0 Å². The van der Waals surface area contributed by atoms with Gasteiger partial charge in [-0.15, -0.1) is 0 Å². The summed E-state index contributed by atoms with van der Waals surface area (Å²) in [6.45, 7) is 3.45. The second kappa shape index (κ2) is 5.77. The van der Waals surface area contributed by atoms with E-state index in [4.69, 9.17) is 15.9 Å². The van der Waals surface area contributed by atoms with E-state index < -0.39 is 0 Å². The molecule has 2 heterocycles. The molecule has 6 nitrogen and oxygen atoms in total. The number of nitrogens with zero attached hydrogens (tertiary/aromatic N) is 2. The Hall–Kier alpha value is -1.69. The van der Waals surface area contributed by atoms with Gasteiger partial charge in [0.15, 0.2) is 0 Å². The number of ether oxygens (including phenoxy) is 1. The molecule has 0 amide bonds. The van der Waals surface area contributed by atoms with Crippen LogP contribution in [0, 0.1) is 5.41 Å². The molecule has 0 saturated carbocycles. The SMILES string of the molecule is CCC(=N)c1c(N)ncnc1NC1CCOCC1. The molecule has 0 atom stereocenters. The van der Waals surface area contributed by atoms with Gasteiger partial charge < -0.3 is 21.2 Å². The van der Waals surface area contributed by atoms with Crippen molar-refractivity contribution in [2.45, 2.75) is 32.2 Å². The fourth-order valence-electron chi connectivity index (χ4n) is 2.02. The summed E-state index contributed by atoms with van der Waals surface area (Å²) < 4.78 is 5.32. The van der Waals surface area contributed by atoms with E-state index in [1.54, 1.807) is 0 Å². The zero-order chi connectivity index (χ0) is 13.0. The molecule has 4 N–H and O–H groups in total. The van der Waals surface area contributed by atoms with Gasteiger partial charge in [-0.25, -0.2) is 9.97 Å². The molecule has 1 aromatic rings. The fraction of sp³-hybridized carbons (Fsp3) is 0.583. The van der Waals surface area contributed by atoms with E-state index in [-0.39, 0.29) is 0 Å². The molecule has 0 bridgehead atoms. The van der Waals surface area contributed by atoms with Crippen molar-refractivity contribution >= 4 is 17.3 Å². The van der Waals surface area contributed by atoms with E-state index in [9.17, 15) is 0 Å². The lowest BCUT2D eigenvalue weighted by Crippen LogP contribution is -2.29. The van der Waals surface area contributed by atoms with Crippen molar-refractivity contribution in [3.63, 3.8) is 0 Å². The van der Waals surface area contributed by atoms with Gasteiger partial charge in [0.2, 0.25) is 0 Å². The van der Waals surface area contributed by atoms with Crippen molar-refractivity contribution in [2.75, 3.05) is 24.3 Å². The van der Waals surface area contributed by atoms with Crippen LogP contribution in [0.5, 0.6) is 0 Å². The third-order valence-electron chi connectivity index (χ3n) is 3.09. The molecular weight excluding hydrogens is 230 g/mol. The van der Waals surface area contributed by atoms with Gasteiger partial charge in [-0.2, -0.15) is 0 Å². The van der Waals surface area contributed by atoms with Crippen LogP contribution >= 0.6 is 0 Å². The van der Waals surface area contributed by atoms with Crippen molar-refractivity contribution in [3.05, 3.63) is 11.9 Å². The van der Waals surface area contributed by atoms with Crippen LogP contribution in [-0.4, -0.2) is 34.9 Å². The molecule has 0 aromatic carbocycles. The second-order valence-electron chi connectivity index (χ2n) is 4.35. The predicted octanol–water partition coefficient (Wildman–Crippen LogP) is 1.43. The molecule has 0 unspecified atom stereocenters. The first-order valence-electron chi connectivity index (χ1n) is 6.25. The number of rotatable bonds is 4. The molecule has 2 rings (SSSR count). The van der Waals surface area contributed by atoms with Crippen LogP contribution in [-0.2, 0) is 4.74 Å². The third kappa shape index (κ3) is 2.76. The molecular formula is C12H19N5O. The molecule has 0 radical (unpaired) electrons. The van der Waals surface area contributed by atoms with Gasteiger partial charge in [-0.05, 0) is 19.3 Å². The molecule has 1 fully saturated rings. The summed E-state index contributed by atoms with van der Waals surface area (Å²) >= 11 is 0. The molecule has 1 saturated heterocycles. The maximum absolute atomic E-state index is 7.95. The monoisotopic (exact) mass is 249 g/mol. The minimum atomic E-state index is 0.330. The van der Waals surface area contributed by atoms with Crippen molar-refractivity contribution in [3.8, 4) is 0 Å². The highest BCUT2D eigenvalue weighted by Crippen LogP contribution is 2.21. The zero-order valence-corrected chi connectivity index (χ0v) is 10.6. The predicted molar refractivity (Wildman–Crippen MR) is 71.0 cm³/mol. The summed E-state index contributed by atoms with van der Waals surface area (Å²) in [6.07, 6.45) is 3.94. The average Bonchev–Trinajstić information content (AvgIpc) is 2.39. The second-order valence-corrected chi connectivity index (χ2v) is 4.35. The lowest BCUT2D eigenvalue weighted by Gasteiger charge is -2.24. The summed E-state index contributed by atoms with van der Waals surface area (Å²) in [6, 6.07) is 0.330. The first-order valence-corrected chi connectivity index (χ1v) is 6.25. The van der Waals surface area contributed by atoms with E-state index in [0.717, 1.165) is 26.1 Å². The highest BCUT2D eigenvalue weighted by atomic mass is 16.5. The topological polar surface area (TPSA) is 96.9 Å². The van der Waals surface area contributed by atoms with E-state index >= 15 is 0 Å². The maximum atomic E-state index is 7.95. The first kappa shape index (κ1) is 12.8. The number of hydrogen-bond acceptors (Lipinski definition) is 6. The summed E-state index contributed by atoms with van der Waals surface area (Å²) in [4.78, 5) is 8.18. The number of nitrogen functional groups attached to an aromatic ring is 1. The van der Waals surface area contributed by atoms with Crippen molar-refractivity contribution in [1.29, 1.82) is 5.41 Å². The van der Waals surface area contributed by atoms with Gasteiger partial charge in [-0.3, -0.25) is 0 Å². The van der Waals surface area contributed by atoms with Crippen LogP contribution in [0.4, 0.5) is 11.6 Å². The third-order valence-corrected chi connectivity index (χ3v) is 3.09. The summed E-state index contributed by atoms with van der Waals surface area (Å²) in [5.74, 6) is 1.03. The minimum absolute atomic E-state index is 0.330. The lowest BCUT2D eigenvalue weighted by atomic mass is 10.1. The number of aromatic nitrogens is 2. The van der Waals surface area contributed by atoms with Crippen molar-refractivity contribution in [1.82, 2.24) is 9.97 Å². The van der Waals surface area contributed by atoms with E-state index in [0.29, 0.717) is 35.4 Å². The Balaban J connectivity index is 2.20. The smallest absolute Gasteiger partial charge is 0.140 e. The molecule has 0 spiro atoms. The van der Waals surface area contributed by atoms with Crippen molar-refractivity contribution in [2.24, 2.45) is 0 Å². The molecule has 1 aromatic heterocycles. The highest BCUT2D eigenvalue weighted by Gasteiger charge is 2.18. The molecule has 98 valence electrons. The van der Waals surface area contributed by atoms with Crippen molar-refractivity contribution < 1.29 is 4.74 Å². The Morgan fingerprint density at radius 1 is 1.50 bits per heavy atom. The Bertz CT molecular complexity index is 428. The fourth-order valence-corrected chi connectivity index (χ4v) is 2.02. The van der Waals surface area contributed by atoms with Crippen LogP contribution < -0.4 is 11.1 Å². The Kier molecular flexibility index (Phi) is 4.09. The van der Waals surface area contributed by atoms with Gasteiger partial charge in [-0.1, -0.05) is 6.92 Å². The van der Waals surface area contributed by atoms with Gasteiger partial charge in [0.25, 0.3) is 0 Å². The molecule has 0 aliphatic carbocycles. The molecule has 1 aliphatic heterocycles. The average molecular weight is 249 g/mol. The Labute approximate surface area is 106 Å². The normalized spacial score (nSPS) is 16.5. The van der Waals surface area contributed by atoms with Gasteiger partial charge in [0.05, 0.1) is 5.56 Å². The first-order chi connectivity index (χ1) is 8.72. The Morgan fingerprint density at radius 3 is 2.89 bits per heavy atom. The largest absolute Gasteiger partial charge is 0.383 e. The summed E-state index contributed by atoms with van der Waals surface area (Å²) in [5.41, 5.74) is 6.94. The van der Waals surface area contributed by atoms with Gasteiger partial charge in [0.1, 0.15) is 18.0 Å². The maximum Gasteiger partial charge on any atom is 0.140 e. The molecule has 6 heteroatoms. The van der Waals surface area contributed by atoms with E-state index in [1.165, 1.54) is 6.33 Å². The van der Waals surface area contributed by atoms with Gasteiger partial charge >= 0.3 is 0 Å². The highest BCUT2D eigenvalue weighted by molar-refractivity contribution is 6.05. The number of hydrogen-bond donors (Lipinski definition) is 3. The summed E-state index contributed by atoms with van der Waals surface area (Å²) in [5, 5.41) is 11.3. The van der Waals surface area contributed by atoms with E-state index in [2.05, 4.69) is 15.3 Å².